The van der Waals surface area contributed by atoms with Crippen LogP contribution in [0.5, 0.6) is 0 Å². The van der Waals surface area contributed by atoms with Gasteiger partial charge in [-0.1, -0.05) is 20.8 Å². The molecule has 0 rings (SSSR count). The Morgan fingerprint density at radius 3 is 2.07 bits per heavy atom. The van der Waals surface area contributed by atoms with Crippen LogP contribution >= 0.6 is 0 Å². The Morgan fingerprint density at radius 2 is 1.73 bits per heavy atom. The Morgan fingerprint density at radius 1 is 1.27 bits per heavy atom. The fourth-order valence-corrected chi connectivity index (χ4v) is 3.41. The first-order valence-electron chi connectivity index (χ1n) is 5.20. The molecule has 0 amide bonds. The van der Waals surface area contributed by atoms with Gasteiger partial charge in [-0.25, -0.2) is 13.1 Å². The van der Waals surface area contributed by atoms with Crippen LogP contribution in [0.3, 0.4) is 0 Å². The summed E-state index contributed by atoms with van der Waals surface area (Å²) in [6.07, 6.45) is -0.0547. The minimum Gasteiger partial charge on any atom is -0.393 e. The Labute approximate surface area is 93.1 Å². The van der Waals surface area contributed by atoms with E-state index in [0.29, 0.717) is 6.42 Å². The molecule has 2 N–H and O–H groups in total. The number of hydrogen-bond acceptors (Lipinski definition) is 3. The first-order chi connectivity index (χ1) is 6.52. The average Bonchev–Trinajstić information content (AvgIpc) is 1.73. The normalized spacial score (nSPS) is 17.5. The zero-order valence-corrected chi connectivity index (χ0v) is 11.1. The summed E-state index contributed by atoms with van der Waals surface area (Å²) in [6.45, 7) is 9.05. The lowest BCUT2D eigenvalue weighted by Gasteiger charge is -2.21. The van der Waals surface area contributed by atoms with Gasteiger partial charge >= 0.3 is 0 Å². The highest BCUT2D eigenvalue weighted by Crippen LogP contribution is 2.15. The Bertz CT molecular complexity index is 278. The van der Waals surface area contributed by atoms with Crippen LogP contribution in [-0.4, -0.2) is 31.4 Å². The molecule has 2 atom stereocenters. The monoisotopic (exact) mass is 237 g/mol. The maximum absolute atomic E-state index is 11.6. The highest BCUT2D eigenvalue weighted by Gasteiger charge is 2.23. The van der Waals surface area contributed by atoms with Gasteiger partial charge in [0.15, 0.2) is 0 Å². The smallest absolute Gasteiger partial charge is 0.212 e. The van der Waals surface area contributed by atoms with E-state index in [2.05, 4.69) is 4.72 Å². The van der Waals surface area contributed by atoms with E-state index < -0.39 is 16.1 Å². The van der Waals surface area contributed by atoms with Crippen LogP contribution < -0.4 is 4.72 Å². The lowest BCUT2D eigenvalue weighted by Crippen LogP contribution is -2.39. The second kappa shape index (κ2) is 5.27. The molecular formula is C10H23NO3S. The number of sulfonamides is 1. The molecule has 0 aliphatic heterocycles. The third-order valence-electron chi connectivity index (χ3n) is 1.70. The highest BCUT2D eigenvalue weighted by molar-refractivity contribution is 7.89. The molecule has 0 fully saturated rings. The lowest BCUT2D eigenvalue weighted by molar-refractivity contribution is 0.175. The van der Waals surface area contributed by atoms with Crippen LogP contribution in [0.1, 0.15) is 41.0 Å². The van der Waals surface area contributed by atoms with E-state index in [1.54, 1.807) is 13.8 Å². The van der Waals surface area contributed by atoms with Crippen molar-refractivity contribution in [3.05, 3.63) is 0 Å². The van der Waals surface area contributed by atoms with Crippen molar-refractivity contribution in [3.63, 3.8) is 0 Å². The van der Waals surface area contributed by atoms with Gasteiger partial charge in [-0.2, -0.15) is 0 Å². The van der Waals surface area contributed by atoms with Crippen molar-refractivity contribution in [1.82, 2.24) is 4.72 Å². The van der Waals surface area contributed by atoms with Crippen LogP contribution in [0.15, 0.2) is 0 Å². The zero-order valence-electron chi connectivity index (χ0n) is 10.2. The summed E-state index contributed by atoms with van der Waals surface area (Å²) in [4.78, 5) is 0. The minimum absolute atomic E-state index is 0.101. The van der Waals surface area contributed by atoms with Crippen molar-refractivity contribution >= 4 is 10.0 Å². The summed E-state index contributed by atoms with van der Waals surface area (Å²) < 4.78 is 25.8. The first kappa shape index (κ1) is 14.9. The van der Waals surface area contributed by atoms with Gasteiger partial charge in [0.05, 0.1) is 11.9 Å². The molecule has 0 bridgehead atoms. The van der Waals surface area contributed by atoms with Gasteiger partial charge in [0.1, 0.15) is 0 Å². The van der Waals surface area contributed by atoms with Gasteiger partial charge in [-0.15, -0.1) is 0 Å². The van der Waals surface area contributed by atoms with Crippen molar-refractivity contribution in [2.45, 2.75) is 53.2 Å². The van der Waals surface area contributed by atoms with E-state index >= 15 is 0 Å². The maximum atomic E-state index is 11.6. The molecule has 0 radical (unpaired) electrons. The fourth-order valence-electron chi connectivity index (χ4n) is 1.48. The summed E-state index contributed by atoms with van der Waals surface area (Å²) in [6, 6.07) is -0.225. The van der Waals surface area contributed by atoms with Crippen LogP contribution in [-0.2, 0) is 10.0 Å². The third kappa shape index (κ3) is 8.84. The van der Waals surface area contributed by atoms with Crippen molar-refractivity contribution < 1.29 is 13.5 Å². The molecule has 4 nitrogen and oxygen atoms in total. The van der Waals surface area contributed by atoms with Gasteiger partial charge in [0.25, 0.3) is 0 Å². The molecule has 0 aliphatic rings. The molecule has 0 saturated heterocycles. The average molecular weight is 237 g/mol. The van der Waals surface area contributed by atoms with Crippen molar-refractivity contribution in [2.24, 2.45) is 5.41 Å². The van der Waals surface area contributed by atoms with E-state index in [0.717, 1.165) is 0 Å². The fraction of sp³-hybridized carbons (Fsp3) is 1.00. The minimum atomic E-state index is -3.25. The van der Waals surface area contributed by atoms with Crippen LogP contribution in [0.4, 0.5) is 0 Å². The molecule has 2 unspecified atom stereocenters. The SMILES string of the molecule is CC(O)CC(C)NS(=O)(=O)CC(C)(C)C. The summed E-state index contributed by atoms with van der Waals surface area (Å²) in [7, 11) is -3.25. The molecule has 0 spiro atoms. The van der Waals surface area contributed by atoms with Crippen LogP contribution in [0.25, 0.3) is 0 Å². The Kier molecular flexibility index (Phi) is 5.23. The Hall–Kier alpha value is -0.130. The van der Waals surface area contributed by atoms with E-state index in [4.69, 9.17) is 5.11 Å². The number of nitrogens with one attached hydrogen (secondary N) is 1. The Balaban J connectivity index is 4.27. The standard InChI is InChI=1S/C10H23NO3S/c1-8(6-9(2)12)11-15(13,14)7-10(3,4)5/h8-9,11-12H,6-7H2,1-5H3. The summed E-state index contributed by atoms with van der Waals surface area (Å²) in [5.41, 5.74) is -0.254. The van der Waals surface area contributed by atoms with Gasteiger partial charge < -0.3 is 5.11 Å². The molecule has 0 aliphatic carbocycles. The first-order valence-corrected chi connectivity index (χ1v) is 6.85. The van der Waals surface area contributed by atoms with Gasteiger partial charge in [-0.3, -0.25) is 0 Å². The number of aliphatic hydroxyl groups excluding tert-OH is 1. The molecule has 92 valence electrons. The van der Waals surface area contributed by atoms with Gasteiger partial charge in [-0.05, 0) is 25.7 Å². The van der Waals surface area contributed by atoms with E-state index in [1.165, 1.54) is 0 Å². The summed E-state index contributed by atoms with van der Waals surface area (Å²) >= 11 is 0. The quantitative estimate of drug-likeness (QED) is 0.753. The van der Waals surface area contributed by atoms with Crippen molar-refractivity contribution in [2.75, 3.05) is 5.75 Å². The third-order valence-corrected chi connectivity index (χ3v) is 3.71. The van der Waals surface area contributed by atoms with E-state index in [1.807, 2.05) is 20.8 Å². The zero-order chi connectivity index (χ0) is 12.3. The van der Waals surface area contributed by atoms with Crippen LogP contribution in [0.2, 0.25) is 0 Å². The largest absolute Gasteiger partial charge is 0.393 e. The van der Waals surface area contributed by atoms with Crippen molar-refractivity contribution in [3.8, 4) is 0 Å². The number of hydrogen-bond donors (Lipinski definition) is 2. The van der Waals surface area contributed by atoms with Gasteiger partial charge in [0.2, 0.25) is 10.0 Å². The molecule has 0 saturated carbocycles. The molecule has 0 aromatic rings. The van der Waals surface area contributed by atoms with Gasteiger partial charge in [0, 0.05) is 6.04 Å². The molecule has 15 heavy (non-hydrogen) atoms. The second-order valence-corrected chi connectivity index (χ2v) is 7.18. The predicted octanol–water partition coefficient (Wildman–Crippen LogP) is 1.11. The molecule has 0 aromatic carbocycles. The molecule has 0 aromatic heterocycles. The maximum Gasteiger partial charge on any atom is 0.212 e. The molecule has 0 heterocycles. The van der Waals surface area contributed by atoms with Crippen LogP contribution in [0, 0.1) is 5.41 Å². The van der Waals surface area contributed by atoms with E-state index in [9.17, 15) is 8.42 Å². The lowest BCUT2D eigenvalue weighted by atomic mass is 10.0. The predicted molar refractivity (Wildman–Crippen MR) is 62.1 cm³/mol. The molecular weight excluding hydrogens is 214 g/mol. The van der Waals surface area contributed by atoms with Crippen molar-refractivity contribution in [1.29, 1.82) is 0 Å². The highest BCUT2D eigenvalue weighted by atomic mass is 32.2. The number of rotatable bonds is 5. The number of aliphatic hydroxyl groups is 1. The molecule has 5 heteroatoms. The second-order valence-electron chi connectivity index (χ2n) is 5.42. The summed E-state index contributed by atoms with van der Waals surface area (Å²) in [5, 5.41) is 9.12. The summed E-state index contributed by atoms with van der Waals surface area (Å²) in [5.74, 6) is 0.101. The van der Waals surface area contributed by atoms with E-state index in [-0.39, 0.29) is 17.2 Å². The topological polar surface area (TPSA) is 66.4 Å².